The Kier molecular flexibility index (Phi) is 1.73. The second-order valence-electron chi connectivity index (χ2n) is 3.86. The van der Waals surface area contributed by atoms with Crippen molar-refractivity contribution >= 4 is 33.0 Å². The average Bonchev–Trinajstić information content (AvgIpc) is 2.85. The zero-order valence-electron chi connectivity index (χ0n) is 7.50. The van der Waals surface area contributed by atoms with Crippen molar-refractivity contribution in [2.45, 2.75) is 23.3 Å². The Hall–Kier alpha value is -0.390. The number of nitrogens with zero attached hydrogens (tertiary/aromatic N) is 2. The van der Waals surface area contributed by atoms with Gasteiger partial charge in [0.25, 0.3) is 0 Å². The molecule has 0 amide bonds. The molecular formula is C8H6Cl2N2O2S. The summed E-state index contributed by atoms with van der Waals surface area (Å²) in [5.41, 5.74) is 1.05. The molecule has 4 nitrogen and oxygen atoms in total. The molecule has 1 fully saturated rings. The molecule has 0 bridgehead atoms. The fourth-order valence-electron chi connectivity index (χ4n) is 2.07. The van der Waals surface area contributed by atoms with Gasteiger partial charge in [-0.1, -0.05) is 11.6 Å². The summed E-state index contributed by atoms with van der Waals surface area (Å²) in [5.74, 6) is -0.0572. The molecule has 0 saturated heterocycles. The number of sulfone groups is 1. The minimum absolute atomic E-state index is 0.0159. The third kappa shape index (κ3) is 1.11. The highest BCUT2D eigenvalue weighted by Crippen LogP contribution is 2.59. The molecule has 0 radical (unpaired) electrons. The Morgan fingerprint density at radius 1 is 1.20 bits per heavy atom. The van der Waals surface area contributed by atoms with Crippen molar-refractivity contribution in [2.75, 3.05) is 0 Å². The quantitative estimate of drug-likeness (QED) is 0.529. The van der Waals surface area contributed by atoms with Crippen LogP contribution in [-0.2, 0) is 20.3 Å². The maximum Gasteiger partial charge on any atom is 0.224 e. The Labute approximate surface area is 96.6 Å². The summed E-state index contributed by atoms with van der Waals surface area (Å²) >= 11 is 11.5. The minimum Gasteiger partial charge on any atom is -0.228 e. The van der Waals surface area contributed by atoms with Crippen LogP contribution in [0.2, 0.25) is 10.4 Å². The number of rotatable bonds is 0. The van der Waals surface area contributed by atoms with Crippen molar-refractivity contribution in [3.05, 3.63) is 21.7 Å². The summed E-state index contributed by atoms with van der Waals surface area (Å²) in [6.07, 6.45) is 1.23. The first-order chi connectivity index (χ1) is 6.96. The van der Waals surface area contributed by atoms with Crippen LogP contribution in [0.5, 0.6) is 0 Å². The van der Waals surface area contributed by atoms with Crippen LogP contribution in [0, 0.1) is 0 Å². The second-order valence-corrected chi connectivity index (χ2v) is 6.86. The van der Waals surface area contributed by atoms with Crippen molar-refractivity contribution in [1.29, 1.82) is 0 Å². The van der Waals surface area contributed by atoms with E-state index in [4.69, 9.17) is 23.2 Å². The van der Waals surface area contributed by atoms with Gasteiger partial charge in [-0.25, -0.2) is 18.4 Å². The van der Waals surface area contributed by atoms with Gasteiger partial charge in [0.2, 0.25) is 5.28 Å². The number of fused-ring (bicyclic) bond motifs is 2. The largest absolute Gasteiger partial charge is 0.228 e. The molecule has 1 saturated carbocycles. The minimum atomic E-state index is -3.16. The van der Waals surface area contributed by atoms with Gasteiger partial charge in [0.05, 0.1) is 11.4 Å². The van der Waals surface area contributed by atoms with E-state index in [9.17, 15) is 8.42 Å². The van der Waals surface area contributed by atoms with Crippen LogP contribution in [0.4, 0.5) is 0 Å². The first-order valence-electron chi connectivity index (χ1n) is 4.41. The van der Waals surface area contributed by atoms with E-state index in [-0.39, 0.29) is 16.2 Å². The molecule has 1 spiro atoms. The standard InChI is InChI=1S/C8H6Cl2N2O2S/c9-6-4-3-15(13,14)8(1-2-8)5(4)11-7(10)12-6/h1-3H2. The van der Waals surface area contributed by atoms with E-state index in [1.54, 1.807) is 0 Å². The van der Waals surface area contributed by atoms with Gasteiger partial charge in [-0.15, -0.1) is 0 Å². The predicted octanol–water partition coefficient (Wildman–Crippen LogP) is 1.70. The van der Waals surface area contributed by atoms with Gasteiger partial charge < -0.3 is 0 Å². The number of hydrogen-bond acceptors (Lipinski definition) is 4. The molecule has 1 aromatic rings. The third-order valence-corrected chi connectivity index (χ3v) is 5.94. The first-order valence-corrected chi connectivity index (χ1v) is 6.82. The van der Waals surface area contributed by atoms with Crippen LogP contribution in [0.1, 0.15) is 24.1 Å². The average molecular weight is 265 g/mol. The normalized spacial score (nSPS) is 24.1. The van der Waals surface area contributed by atoms with Gasteiger partial charge in [-0.05, 0) is 24.4 Å². The number of aromatic nitrogens is 2. The van der Waals surface area contributed by atoms with E-state index < -0.39 is 14.6 Å². The summed E-state index contributed by atoms with van der Waals surface area (Å²) in [6.45, 7) is 0. The van der Waals surface area contributed by atoms with E-state index >= 15 is 0 Å². The number of hydrogen-bond donors (Lipinski definition) is 0. The molecule has 0 N–H and O–H groups in total. The van der Waals surface area contributed by atoms with Crippen LogP contribution in [0.25, 0.3) is 0 Å². The van der Waals surface area contributed by atoms with Crippen LogP contribution < -0.4 is 0 Å². The highest BCUT2D eigenvalue weighted by Gasteiger charge is 2.62. The fraction of sp³-hybridized carbons (Fsp3) is 0.500. The smallest absolute Gasteiger partial charge is 0.224 e. The molecule has 2 heterocycles. The van der Waals surface area contributed by atoms with Gasteiger partial charge in [0.1, 0.15) is 9.90 Å². The summed E-state index contributed by atoms with van der Waals surface area (Å²) in [6, 6.07) is 0. The van der Waals surface area contributed by atoms with Crippen LogP contribution >= 0.6 is 23.2 Å². The zero-order chi connectivity index (χ0) is 10.8. The van der Waals surface area contributed by atoms with Gasteiger partial charge in [-0.2, -0.15) is 0 Å². The van der Waals surface area contributed by atoms with Crippen LogP contribution in [0.15, 0.2) is 0 Å². The van der Waals surface area contributed by atoms with Gasteiger partial charge in [-0.3, -0.25) is 0 Å². The maximum atomic E-state index is 11.9. The molecule has 80 valence electrons. The predicted molar refractivity (Wildman–Crippen MR) is 55.6 cm³/mol. The topological polar surface area (TPSA) is 59.9 Å². The lowest BCUT2D eigenvalue weighted by molar-refractivity contribution is 0.584. The molecule has 1 aromatic heterocycles. The van der Waals surface area contributed by atoms with E-state index in [0.29, 0.717) is 24.1 Å². The maximum absolute atomic E-state index is 11.9. The van der Waals surface area contributed by atoms with Crippen LogP contribution in [0.3, 0.4) is 0 Å². The summed E-state index contributed by atoms with van der Waals surface area (Å²) in [4.78, 5) is 7.78. The highest BCUT2D eigenvalue weighted by molar-refractivity contribution is 7.92. The van der Waals surface area contributed by atoms with Gasteiger partial charge in [0, 0.05) is 5.56 Å². The second kappa shape index (κ2) is 2.64. The van der Waals surface area contributed by atoms with Crippen molar-refractivity contribution in [3.8, 4) is 0 Å². The Morgan fingerprint density at radius 3 is 2.47 bits per heavy atom. The van der Waals surface area contributed by atoms with Gasteiger partial charge >= 0.3 is 0 Å². The third-order valence-electron chi connectivity index (χ3n) is 2.99. The van der Waals surface area contributed by atoms with Crippen molar-refractivity contribution in [3.63, 3.8) is 0 Å². The molecule has 0 unspecified atom stereocenters. The molecule has 7 heteroatoms. The molecule has 3 rings (SSSR count). The number of halogens is 2. The molecule has 1 aliphatic heterocycles. The lowest BCUT2D eigenvalue weighted by Gasteiger charge is -2.06. The van der Waals surface area contributed by atoms with E-state index in [1.807, 2.05) is 0 Å². The molecule has 1 aliphatic carbocycles. The van der Waals surface area contributed by atoms with Crippen molar-refractivity contribution in [2.24, 2.45) is 0 Å². The van der Waals surface area contributed by atoms with Crippen LogP contribution in [-0.4, -0.2) is 18.4 Å². The summed E-state index contributed by atoms with van der Waals surface area (Å²) in [5, 5.41) is 0.180. The molecule has 0 aromatic carbocycles. The first kappa shape index (κ1) is 9.81. The molecular weight excluding hydrogens is 259 g/mol. The van der Waals surface area contributed by atoms with E-state index in [0.717, 1.165) is 0 Å². The Balaban J connectivity index is 2.35. The fourth-order valence-corrected chi connectivity index (χ4v) is 4.72. The Morgan fingerprint density at radius 2 is 1.87 bits per heavy atom. The van der Waals surface area contributed by atoms with E-state index in [2.05, 4.69) is 9.97 Å². The zero-order valence-corrected chi connectivity index (χ0v) is 9.82. The summed E-state index contributed by atoms with van der Waals surface area (Å²) in [7, 11) is -3.16. The highest BCUT2D eigenvalue weighted by atomic mass is 35.5. The van der Waals surface area contributed by atoms with Crippen molar-refractivity contribution < 1.29 is 8.42 Å². The molecule has 2 aliphatic rings. The monoisotopic (exact) mass is 264 g/mol. The molecule has 0 atom stereocenters. The van der Waals surface area contributed by atoms with Crippen molar-refractivity contribution in [1.82, 2.24) is 9.97 Å². The Bertz CT molecular complexity index is 566. The summed E-state index contributed by atoms with van der Waals surface area (Å²) < 4.78 is 23.0. The SMILES string of the molecule is O=S1(=O)Cc2c(Cl)nc(Cl)nc2C12CC2. The lowest BCUT2D eigenvalue weighted by Crippen LogP contribution is -2.15. The van der Waals surface area contributed by atoms with E-state index in [1.165, 1.54) is 0 Å². The lowest BCUT2D eigenvalue weighted by atomic mass is 10.2. The van der Waals surface area contributed by atoms with Gasteiger partial charge in [0.15, 0.2) is 9.84 Å². The molecule has 15 heavy (non-hydrogen) atoms.